The highest BCUT2D eigenvalue weighted by Gasteiger charge is 2.37. The molecule has 0 bridgehead atoms. The highest BCUT2D eigenvalue weighted by molar-refractivity contribution is 5.85. The molecular weight excluding hydrogens is 254 g/mol. The lowest BCUT2D eigenvalue weighted by atomic mass is 10.1. The largest absolute Gasteiger partial charge is 0.433 e. The van der Waals surface area contributed by atoms with Crippen molar-refractivity contribution < 1.29 is 13.2 Å². The fourth-order valence-corrected chi connectivity index (χ4v) is 1.13. The van der Waals surface area contributed by atoms with Crippen molar-refractivity contribution in [3.8, 4) is 0 Å². The van der Waals surface area contributed by atoms with Crippen LogP contribution in [0.4, 0.5) is 13.2 Å². The second kappa shape index (κ2) is 5.58. The van der Waals surface area contributed by atoms with Gasteiger partial charge in [-0.25, -0.2) is 0 Å². The Kier molecular flexibility index (Phi) is 6.30. The first-order valence-corrected chi connectivity index (χ1v) is 3.68. The van der Waals surface area contributed by atoms with Gasteiger partial charge in [-0.2, -0.15) is 18.3 Å². The molecule has 0 radical (unpaired) electrons. The first-order valence-electron chi connectivity index (χ1n) is 3.68. The van der Waals surface area contributed by atoms with E-state index in [-0.39, 0.29) is 30.4 Å². The van der Waals surface area contributed by atoms with E-state index in [1.807, 2.05) is 0 Å². The van der Waals surface area contributed by atoms with E-state index in [4.69, 9.17) is 5.73 Å². The number of rotatable bonds is 1. The summed E-state index contributed by atoms with van der Waals surface area (Å²) in [6.07, 6.45) is -3.25. The number of hydrogen-bond donors (Lipinski definition) is 1. The van der Waals surface area contributed by atoms with Crippen LogP contribution in [0.25, 0.3) is 0 Å². The molecule has 0 unspecified atom stereocenters. The van der Waals surface area contributed by atoms with Crippen molar-refractivity contribution >= 4 is 24.8 Å². The summed E-state index contributed by atoms with van der Waals surface area (Å²) in [5.41, 5.74) is 4.62. The fraction of sp³-hybridized carbons (Fsp3) is 0.571. The molecule has 2 N–H and O–H groups in total. The SMILES string of the molecule is C[C@@H](N)c1cnn(C)c1C(F)(F)F.Cl.Cl. The number of aromatic nitrogens is 2. The summed E-state index contributed by atoms with van der Waals surface area (Å²) < 4.78 is 37.9. The number of nitrogens with two attached hydrogens (primary N) is 1. The van der Waals surface area contributed by atoms with Gasteiger partial charge in [0.05, 0.1) is 6.20 Å². The quantitative estimate of drug-likeness (QED) is 0.847. The molecule has 0 saturated carbocycles. The monoisotopic (exact) mass is 265 g/mol. The Bertz CT molecular complexity index is 309. The van der Waals surface area contributed by atoms with Crippen LogP contribution in [0.3, 0.4) is 0 Å². The normalized spacial score (nSPS) is 12.7. The number of alkyl halides is 3. The second-order valence-electron chi connectivity index (χ2n) is 2.86. The molecular formula is C7H12Cl2F3N3. The lowest BCUT2D eigenvalue weighted by Gasteiger charge is -2.11. The van der Waals surface area contributed by atoms with E-state index < -0.39 is 17.9 Å². The van der Waals surface area contributed by atoms with Crippen LogP contribution in [0.5, 0.6) is 0 Å². The van der Waals surface area contributed by atoms with Crippen LogP contribution in [0.15, 0.2) is 6.20 Å². The van der Waals surface area contributed by atoms with Crippen molar-refractivity contribution in [2.24, 2.45) is 12.8 Å². The Morgan fingerprint density at radius 3 is 2.13 bits per heavy atom. The van der Waals surface area contributed by atoms with Crippen molar-refractivity contribution in [3.05, 3.63) is 17.5 Å². The lowest BCUT2D eigenvalue weighted by Crippen LogP contribution is -2.17. The molecule has 3 nitrogen and oxygen atoms in total. The van der Waals surface area contributed by atoms with Crippen LogP contribution in [-0.4, -0.2) is 9.78 Å². The van der Waals surface area contributed by atoms with Gasteiger partial charge in [-0.1, -0.05) is 0 Å². The van der Waals surface area contributed by atoms with E-state index >= 15 is 0 Å². The first kappa shape index (κ1) is 17.0. The molecule has 0 aromatic carbocycles. The van der Waals surface area contributed by atoms with Crippen molar-refractivity contribution in [2.45, 2.75) is 19.1 Å². The van der Waals surface area contributed by atoms with Gasteiger partial charge in [0.25, 0.3) is 0 Å². The van der Waals surface area contributed by atoms with Crippen LogP contribution in [0, 0.1) is 0 Å². The average molecular weight is 266 g/mol. The Labute approximate surface area is 97.6 Å². The molecule has 0 amide bonds. The predicted molar refractivity (Wildman–Crippen MR) is 55.3 cm³/mol. The second-order valence-corrected chi connectivity index (χ2v) is 2.86. The van der Waals surface area contributed by atoms with Gasteiger partial charge in [-0.15, -0.1) is 24.8 Å². The topological polar surface area (TPSA) is 43.8 Å². The molecule has 8 heteroatoms. The zero-order valence-corrected chi connectivity index (χ0v) is 9.71. The van der Waals surface area contributed by atoms with Gasteiger partial charge in [0.2, 0.25) is 0 Å². The van der Waals surface area contributed by atoms with E-state index in [1.165, 1.54) is 14.0 Å². The fourth-order valence-electron chi connectivity index (χ4n) is 1.13. The number of hydrogen-bond acceptors (Lipinski definition) is 2. The van der Waals surface area contributed by atoms with Crippen molar-refractivity contribution in [2.75, 3.05) is 0 Å². The third-order valence-corrected chi connectivity index (χ3v) is 1.73. The van der Waals surface area contributed by atoms with Crippen LogP contribution < -0.4 is 5.73 Å². The summed E-state index contributed by atoms with van der Waals surface area (Å²) in [6, 6.07) is -0.662. The van der Waals surface area contributed by atoms with Gasteiger partial charge in [-0.3, -0.25) is 4.68 Å². The Morgan fingerprint density at radius 2 is 1.87 bits per heavy atom. The minimum absolute atomic E-state index is 0. The van der Waals surface area contributed by atoms with E-state index in [0.29, 0.717) is 0 Å². The highest BCUT2D eigenvalue weighted by Crippen LogP contribution is 2.33. The molecule has 0 aliphatic carbocycles. The van der Waals surface area contributed by atoms with Crippen molar-refractivity contribution in [1.82, 2.24) is 9.78 Å². The predicted octanol–water partition coefficient (Wildman–Crippen LogP) is 2.30. The maximum atomic E-state index is 12.4. The van der Waals surface area contributed by atoms with Crippen LogP contribution in [0.2, 0.25) is 0 Å². The molecule has 1 atom stereocenters. The molecule has 1 aromatic rings. The lowest BCUT2D eigenvalue weighted by molar-refractivity contribution is -0.144. The summed E-state index contributed by atoms with van der Waals surface area (Å²) in [5, 5.41) is 3.52. The summed E-state index contributed by atoms with van der Waals surface area (Å²) >= 11 is 0. The zero-order chi connectivity index (χ0) is 10.2. The van der Waals surface area contributed by atoms with Crippen LogP contribution in [-0.2, 0) is 13.2 Å². The maximum Gasteiger partial charge on any atom is 0.433 e. The molecule has 0 spiro atoms. The summed E-state index contributed by atoms with van der Waals surface area (Å²) in [6.45, 7) is 1.49. The van der Waals surface area contributed by atoms with Gasteiger partial charge < -0.3 is 5.73 Å². The molecule has 1 rings (SSSR count). The van der Waals surface area contributed by atoms with Gasteiger partial charge in [0, 0.05) is 18.7 Å². The Balaban J connectivity index is 0. The third kappa shape index (κ3) is 3.55. The van der Waals surface area contributed by atoms with Gasteiger partial charge in [0.1, 0.15) is 5.69 Å². The van der Waals surface area contributed by atoms with Crippen LogP contribution in [0.1, 0.15) is 24.2 Å². The Hall–Kier alpha value is -0.460. The number of nitrogens with zero attached hydrogens (tertiary/aromatic N) is 2. The maximum absolute atomic E-state index is 12.4. The van der Waals surface area contributed by atoms with Gasteiger partial charge in [-0.05, 0) is 6.92 Å². The molecule has 1 aromatic heterocycles. The minimum atomic E-state index is -4.39. The molecule has 0 aliphatic rings. The molecule has 15 heavy (non-hydrogen) atoms. The Morgan fingerprint density at radius 1 is 1.40 bits per heavy atom. The van der Waals surface area contributed by atoms with E-state index in [2.05, 4.69) is 5.10 Å². The summed E-state index contributed by atoms with van der Waals surface area (Å²) in [4.78, 5) is 0. The average Bonchev–Trinajstić information content (AvgIpc) is 2.28. The third-order valence-electron chi connectivity index (χ3n) is 1.73. The van der Waals surface area contributed by atoms with Crippen molar-refractivity contribution in [3.63, 3.8) is 0 Å². The minimum Gasteiger partial charge on any atom is -0.324 e. The van der Waals surface area contributed by atoms with E-state index in [0.717, 1.165) is 10.9 Å². The molecule has 0 aliphatic heterocycles. The van der Waals surface area contributed by atoms with Gasteiger partial charge >= 0.3 is 6.18 Å². The van der Waals surface area contributed by atoms with E-state index in [1.54, 1.807) is 0 Å². The smallest absolute Gasteiger partial charge is 0.324 e. The molecule has 0 saturated heterocycles. The number of aryl methyl sites for hydroxylation is 1. The van der Waals surface area contributed by atoms with E-state index in [9.17, 15) is 13.2 Å². The zero-order valence-electron chi connectivity index (χ0n) is 8.08. The molecule has 0 fully saturated rings. The molecule has 1 heterocycles. The summed E-state index contributed by atoms with van der Waals surface area (Å²) in [7, 11) is 1.24. The van der Waals surface area contributed by atoms with Crippen LogP contribution >= 0.6 is 24.8 Å². The van der Waals surface area contributed by atoms with Crippen molar-refractivity contribution in [1.29, 1.82) is 0 Å². The number of halogens is 5. The standard InChI is InChI=1S/C7H10F3N3.2ClH/c1-4(11)5-3-12-13(2)6(5)7(8,9)10;;/h3-4H,11H2,1-2H3;2*1H/t4-;;/m1../s1. The van der Waals surface area contributed by atoms with Gasteiger partial charge in [0.15, 0.2) is 0 Å². The first-order chi connectivity index (χ1) is 5.84. The summed E-state index contributed by atoms with van der Waals surface area (Å²) in [5.74, 6) is 0. The molecule has 90 valence electrons. The highest BCUT2D eigenvalue weighted by atomic mass is 35.5.